The van der Waals surface area contributed by atoms with E-state index in [1.165, 1.54) is 5.56 Å². The topological polar surface area (TPSA) is 84.0 Å². The second-order valence-electron chi connectivity index (χ2n) is 10.4. The van der Waals surface area contributed by atoms with Crippen LogP contribution in [0.5, 0.6) is 17.4 Å². The number of phenolic OH excluding ortho intramolecular Hbond substituents is 1. The van der Waals surface area contributed by atoms with E-state index in [9.17, 15) is 10.4 Å². The first-order chi connectivity index (χ1) is 18.2. The number of benzene rings is 3. The molecular formula is C32H25N4O2Pt-. The third kappa shape index (κ3) is 4.54. The molecule has 0 saturated carbocycles. The Kier molecular flexibility index (Phi) is 6.66. The predicted octanol–water partition coefficient (Wildman–Crippen LogP) is 7.50. The smallest absolute Gasteiger partial charge is 0.217 e. The van der Waals surface area contributed by atoms with Gasteiger partial charge in [-0.05, 0) is 59.2 Å². The summed E-state index contributed by atoms with van der Waals surface area (Å²) in [6.45, 7) is 8.30. The molecule has 0 saturated heterocycles. The molecule has 0 aliphatic rings. The molecule has 0 atom stereocenters. The number of ether oxygens (including phenoxy) is 1. The molecule has 1 N–H and O–H groups in total. The Balaban J connectivity index is 0.00000308. The van der Waals surface area contributed by atoms with E-state index in [-0.39, 0.29) is 32.2 Å². The van der Waals surface area contributed by atoms with E-state index >= 15 is 0 Å². The Morgan fingerprint density at radius 2 is 1.74 bits per heavy atom. The molecule has 0 aliphatic carbocycles. The molecule has 0 unspecified atom stereocenters. The fraction of sp³-hybridized carbons (Fsp3) is 0.156. The monoisotopic (exact) mass is 692 g/mol. The minimum Gasteiger partial charge on any atom is -0.505 e. The number of nitrogens with zero attached hydrogens (tertiary/aromatic N) is 4. The van der Waals surface area contributed by atoms with Crippen LogP contribution in [-0.2, 0) is 26.5 Å². The fourth-order valence-electron chi connectivity index (χ4n) is 4.83. The van der Waals surface area contributed by atoms with Crippen molar-refractivity contribution in [3.05, 3.63) is 95.7 Å². The van der Waals surface area contributed by atoms with Gasteiger partial charge in [-0.25, -0.2) is 9.97 Å². The van der Waals surface area contributed by atoms with Gasteiger partial charge in [0, 0.05) is 50.0 Å². The molecule has 0 spiro atoms. The van der Waals surface area contributed by atoms with E-state index in [0.29, 0.717) is 33.7 Å². The molecule has 6 nitrogen and oxygen atoms in total. The zero-order valence-corrected chi connectivity index (χ0v) is 24.2. The SMILES string of the molecule is Cc1cc(C#N)c2ccc(Oc3[c-]c4c(cc3)c3ccccc3n4-c3cc(C(C)(C)C)ccn3)nc2c1O.[Pt]. The van der Waals surface area contributed by atoms with E-state index in [1.807, 2.05) is 30.5 Å². The molecule has 3 heterocycles. The molecule has 6 aromatic rings. The van der Waals surface area contributed by atoms with Gasteiger partial charge in [-0.2, -0.15) is 11.3 Å². The van der Waals surface area contributed by atoms with Crippen LogP contribution < -0.4 is 4.74 Å². The molecule has 39 heavy (non-hydrogen) atoms. The average molecular weight is 693 g/mol. The first kappa shape index (κ1) is 26.4. The second-order valence-corrected chi connectivity index (χ2v) is 10.4. The Hall–Kier alpha value is -4.20. The minimum atomic E-state index is -0.0223. The minimum absolute atomic E-state index is 0. The number of aromatic hydroxyl groups is 1. The van der Waals surface area contributed by atoms with E-state index < -0.39 is 0 Å². The van der Waals surface area contributed by atoms with Gasteiger partial charge in [0.05, 0.1) is 11.6 Å². The molecule has 0 fully saturated rings. The van der Waals surface area contributed by atoms with Gasteiger partial charge in [0.1, 0.15) is 17.1 Å². The maximum Gasteiger partial charge on any atom is 0.217 e. The molecule has 196 valence electrons. The van der Waals surface area contributed by atoms with Crippen LogP contribution in [0.25, 0.3) is 38.5 Å². The number of aromatic nitrogens is 3. The maximum absolute atomic E-state index is 10.6. The van der Waals surface area contributed by atoms with Crippen molar-refractivity contribution in [2.75, 3.05) is 0 Å². The Morgan fingerprint density at radius 1 is 0.974 bits per heavy atom. The van der Waals surface area contributed by atoms with Crippen LogP contribution >= 0.6 is 0 Å². The molecule has 3 aromatic carbocycles. The summed E-state index contributed by atoms with van der Waals surface area (Å²) >= 11 is 0. The summed E-state index contributed by atoms with van der Waals surface area (Å²) in [6, 6.07) is 27.0. The Morgan fingerprint density at radius 3 is 2.51 bits per heavy atom. The number of phenols is 1. The maximum atomic E-state index is 10.6. The van der Waals surface area contributed by atoms with Crippen LogP contribution in [0.3, 0.4) is 0 Å². The first-order valence-electron chi connectivity index (χ1n) is 12.4. The van der Waals surface area contributed by atoms with Gasteiger partial charge < -0.3 is 14.4 Å². The third-order valence-electron chi connectivity index (χ3n) is 6.85. The van der Waals surface area contributed by atoms with Gasteiger partial charge in [-0.1, -0.05) is 44.5 Å². The normalized spacial score (nSPS) is 11.5. The van der Waals surface area contributed by atoms with Gasteiger partial charge in [0.15, 0.2) is 0 Å². The summed E-state index contributed by atoms with van der Waals surface area (Å²) in [5.41, 5.74) is 4.41. The quantitative estimate of drug-likeness (QED) is 0.194. The van der Waals surface area contributed by atoms with Crippen LogP contribution in [0, 0.1) is 24.3 Å². The van der Waals surface area contributed by atoms with Gasteiger partial charge in [-0.15, -0.1) is 17.5 Å². The van der Waals surface area contributed by atoms with E-state index in [2.05, 4.69) is 66.7 Å². The van der Waals surface area contributed by atoms with Gasteiger partial charge >= 0.3 is 0 Å². The van der Waals surface area contributed by atoms with Crippen molar-refractivity contribution in [3.8, 4) is 29.3 Å². The summed E-state index contributed by atoms with van der Waals surface area (Å²) in [6.07, 6.45) is 1.85. The number of para-hydroxylation sites is 1. The van der Waals surface area contributed by atoms with E-state index in [0.717, 1.165) is 27.6 Å². The van der Waals surface area contributed by atoms with Crippen LogP contribution in [0.1, 0.15) is 37.5 Å². The van der Waals surface area contributed by atoms with Crippen LogP contribution in [-0.4, -0.2) is 19.6 Å². The van der Waals surface area contributed by atoms with Crippen LogP contribution in [0.4, 0.5) is 0 Å². The zero-order valence-electron chi connectivity index (χ0n) is 21.9. The summed E-state index contributed by atoms with van der Waals surface area (Å²) in [7, 11) is 0. The molecule has 6 rings (SSSR count). The van der Waals surface area contributed by atoms with Crippen molar-refractivity contribution in [1.29, 1.82) is 5.26 Å². The van der Waals surface area contributed by atoms with Crippen molar-refractivity contribution in [2.24, 2.45) is 0 Å². The number of hydrogen-bond donors (Lipinski definition) is 1. The average Bonchev–Trinajstić information content (AvgIpc) is 3.24. The predicted molar refractivity (Wildman–Crippen MR) is 149 cm³/mol. The molecule has 0 radical (unpaired) electrons. The number of nitriles is 1. The van der Waals surface area contributed by atoms with Crippen molar-refractivity contribution in [1.82, 2.24) is 14.5 Å². The molecule has 3 aromatic heterocycles. The van der Waals surface area contributed by atoms with Gasteiger partial charge in [0.2, 0.25) is 5.88 Å². The summed E-state index contributed by atoms with van der Waals surface area (Å²) < 4.78 is 8.24. The largest absolute Gasteiger partial charge is 0.505 e. The molecular weight excluding hydrogens is 667 g/mol. The Bertz CT molecular complexity index is 1930. The number of pyridine rings is 2. The second kappa shape index (κ2) is 9.84. The van der Waals surface area contributed by atoms with E-state index in [4.69, 9.17) is 9.72 Å². The zero-order chi connectivity index (χ0) is 26.6. The molecule has 7 heteroatoms. The standard InChI is InChI=1S/C32H25N4O2.Pt/c1-19-15-20(18-33)23-11-12-29(35-30(23)31(19)37)38-22-9-10-25-24-7-5-6-8-26(24)36(27(25)17-22)28-16-21(13-14-34-28)32(2,3)4;/h5-16,37H,1-4H3;/q-1;. The molecule has 0 bridgehead atoms. The Labute approximate surface area is 240 Å². The van der Waals surface area contributed by atoms with E-state index in [1.54, 1.807) is 25.1 Å². The molecule has 0 amide bonds. The van der Waals surface area contributed by atoms with Crippen LogP contribution in [0.2, 0.25) is 0 Å². The van der Waals surface area contributed by atoms with Crippen molar-refractivity contribution in [2.45, 2.75) is 33.1 Å². The summed E-state index contributed by atoms with van der Waals surface area (Å²) in [5, 5.41) is 22.8. The number of fused-ring (bicyclic) bond motifs is 4. The van der Waals surface area contributed by atoms with Crippen molar-refractivity contribution < 1.29 is 30.9 Å². The van der Waals surface area contributed by atoms with Crippen LogP contribution in [0.15, 0.2) is 72.9 Å². The van der Waals surface area contributed by atoms with Gasteiger partial charge in [0.25, 0.3) is 0 Å². The molecule has 0 aliphatic heterocycles. The number of rotatable bonds is 3. The van der Waals surface area contributed by atoms with Crippen molar-refractivity contribution in [3.63, 3.8) is 0 Å². The number of aryl methyl sites for hydroxylation is 1. The van der Waals surface area contributed by atoms with Gasteiger partial charge in [-0.3, -0.25) is 0 Å². The first-order valence-corrected chi connectivity index (χ1v) is 12.4. The summed E-state index contributed by atoms with van der Waals surface area (Å²) in [5.74, 6) is 1.63. The fourth-order valence-corrected chi connectivity index (χ4v) is 4.83. The summed E-state index contributed by atoms with van der Waals surface area (Å²) in [4.78, 5) is 9.23. The third-order valence-corrected chi connectivity index (χ3v) is 6.85. The number of hydrogen-bond acceptors (Lipinski definition) is 5. The van der Waals surface area contributed by atoms with Crippen molar-refractivity contribution >= 4 is 32.7 Å².